The van der Waals surface area contributed by atoms with E-state index in [0.717, 1.165) is 21.6 Å². The van der Waals surface area contributed by atoms with E-state index in [1.165, 1.54) is 29.6 Å². The molecule has 0 aliphatic rings. The summed E-state index contributed by atoms with van der Waals surface area (Å²) >= 11 is 2.26. The number of benzene rings is 1. The van der Waals surface area contributed by atoms with Gasteiger partial charge in [0.25, 0.3) is 5.91 Å². The van der Waals surface area contributed by atoms with E-state index in [4.69, 9.17) is 9.47 Å². The fraction of sp³-hybridized carbons (Fsp3) is 0.286. The fourth-order valence-electron chi connectivity index (χ4n) is 2.83. The van der Waals surface area contributed by atoms with E-state index < -0.39 is 16.8 Å². The number of thiazole rings is 1. The molecule has 0 bridgehead atoms. The zero-order valence-corrected chi connectivity index (χ0v) is 19.1. The number of hydrogen-bond donors (Lipinski definition) is 0. The molecule has 0 unspecified atom stereocenters. The number of hydrogen-bond acceptors (Lipinski definition) is 8. The molecule has 0 atom stereocenters. The number of carbonyl (C=O) groups is 2. The Kier molecular flexibility index (Phi) is 8.03. The van der Waals surface area contributed by atoms with Crippen molar-refractivity contribution < 1.29 is 24.0 Å². The highest BCUT2D eigenvalue weighted by molar-refractivity contribution is 7.16. The molecule has 0 aliphatic carbocycles. The first-order valence-corrected chi connectivity index (χ1v) is 11.5. The van der Waals surface area contributed by atoms with Gasteiger partial charge in [-0.05, 0) is 44.2 Å². The Morgan fingerprint density at radius 1 is 1.19 bits per heavy atom. The van der Waals surface area contributed by atoms with Crippen LogP contribution >= 0.6 is 22.7 Å². The van der Waals surface area contributed by atoms with Crippen molar-refractivity contribution in [1.82, 2.24) is 4.57 Å². The molecular weight excluding hydrogens is 454 g/mol. The van der Waals surface area contributed by atoms with Gasteiger partial charge in [0.05, 0.1) is 33.9 Å². The molecule has 0 saturated carbocycles. The van der Waals surface area contributed by atoms with Gasteiger partial charge in [0.2, 0.25) is 0 Å². The Bertz CT molecular complexity index is 1240. The Balaban J connectivity index is 1.94. The van der Waals surface area contributed by atoms with Crippen molar-refractivity contribution in [2.75, 3.05) is 19.8 Å². The average Bonchev–Trinajstić information content (AvgIpc) is 3.37. The van der Waals surface area contributed by atoms with E-state index in [-0.39, 0.29) is 11.6 Å². The zero-order valence-electron chi connectivity index (χ0n) is 17.5. The van der Waals surface area contributed by atoms with E-state index in [1.54, 1.807) is 31.2 Å². The highest BCUT2D eigenvalue weighted by Crippen LogP contribution is 2.25. The molecule has 11 heteroatoms. The second-order valence-corrected chi connectivity index (χ2v) is 8.46. The first-order valence-electron chi connectivity index (χ1n) is 9.82. The van der Waals surface area contributed by atoms with Crippen LogP contribution in [-0.4, -0.2) is 41.2 Å². The van der Waals surface area contributed by atoms with Crippen LogP contribution in [0.25, 0.3) is 16.3 Å². The molecule has 0 fully saturated rings. The summed E-state index contributed by atoms with van der Waals surface area (Å²) in [6, 6.07) is 8.17. The summed E-state index contributed by atoms with van der Waals surface area (Å²) in [5.74, 6) is -0.908. The van der Waals surface area contributed by atoms with Crippen molar-refractivity contribution in [2.45, 2.75) is 20.4 Å². The standard InChI is InChI=1S/C21H21N3O6S2/c1-3-29-12-11-23-16-8-5-14(20(26)30-4-2)13-17(16)32-21(23)22-18(25)9-6-15-7-10-19(31-15)24(27)28/h5-10,13H,3-4,11-12H2,1-2H3. The lowest BCUT2D eigenvalue weighted by atomic mass is 10.2. The Labute approximate surface area is 191 Å². The van der Waals surface area contributed by atoms with Crippen molar-refractivity contribution in [1.29, 1.82) is 0 Å². The Hall–Kier alpha value is -3.15. The maximum Gasteiger partial charge on any atom is 0.338 e. The number of amides is 1. The topological polar surface area (TPSA) is 113 Å². The summed E-state index contributed by atoms with van der Waals surface area (Å²) in [4.78, 5) is 40.1. The van der Waals surface area contributed by atoms with Crippen molar-refractivity contribution in [3.05, 3.63) is 61.8 Å². The van der Waals surface area contributed by atoms with Crippen molar-refractivity contribution in [3.63, 3.8) is 0 Å². The highest BCUT2D eigenvalue weighted by Gasteiger charge is 2.12. The summed E-state index contributed by atoms with van der Waals surface area (Å²) in [7, 11) is 0. The lowest BCUT2D eigenvalue weighted by molar-refractivity contribution is -0.380. The molecule has 1 amide bonds. The molecule has 0 aliphatic heterocycles. The lowest BCUT2D eigenvalue weighted by Crippen LogP contribution is -2.19. The molecular formula is C21H21N3O6S2. The third-order valence-corrected chi connectivity index (χ3v) is 6.29. The van der Waals surface area contributed by atoms with Gasteiger partial charge in [0.1, 0.15) is 0 Å². The monoisotopic (exact) mass is 475 g/mol. The Morgan fingerprint density at radius 3 is 2.69 bits per heavy atom. The first-order chi connectivity index (χ1) is 15.4. The second-order valence-electron chi connectivity index (χ2n) is 6.35. The van der Waals surface area contributed by atoms with Gasteiger partial charge in [0.15, 0.2) is 4.80 Å². The van der Waals surface area contributed by atoms with Crippen LogP contribution in [0.4, 0.5) is 5.00 Å². The molecule has 0 saturated heterocycles. The summed E-state index contributed by atoms with van der Waals surface area (Å²) in [6.45, 7) is 5.42. The van der Waals surface area contributed by atoms with Gasteiger partial charge in [0, 0.05) is 30.2 Å². The number of ether oxygens (including phenoxy) is 2. The second kappa shape index (κ2) is 10.9. The molecule has 2 aromatic heterocycles. The average molecular weight is 476 g/mol. The van der Waals surface area contributed by atoms with E-state index in [0.29, 0.717) is 35.0 Å². The van der Waals surface area contributed by atoms with Gasteiger partial charge in [-0.3, -0.25) is 14.9 Å². The fourth-order valence-corrected chi connectivity index (χ4v) is 4.66. The molecule has 0 radical (unpaired) electrons. The SMILES string of the molecule is CCOCCn1c(=NC(=O)C=Cc2ccc([N+](=O)[O-])s2)sc2cc(C(=O)OCC)ccc21. The quantitative estimate of drug-likeness (QED) is 0.152. The van der Waals surface area contributed by atoms with Crippen LogP contribution in [0, 0.1) is 10.1 Å². The van der Waals surface area contributed by atoms with Crippen molar-refractivity contribution >= 4 is 55.8 Å². The molecule has 0 N–H and O–H groups in total. The first kappa shape index (κ1) is 23.5. The number of rotatable bonds is 9. The van der Waals surface area contributed by atoms with E-state index >= 15 is 0 Å². The van der Waals surface area contributed by atoms with Crippen LogP contribution in [0.1, 0.15) is 29.1 Å². The smallest absolute Gasteiger partial charge is 0.338 e. The Morgan fingerprint density at radius 2 is 2.00 bits per heavy atom. The van der Waals surface area contributed by atoms with E-state index in [2.05, 4.69) is 4.99 Å². The number of fused-ring (bicyclic) bond motifs is 1. The van der Waals surface area contributed by atoms with Gasteiger partial charge in [-0.1, -0.05) is 22.7 Å². The van der Waals surface area contributed by atoms with Crippen molar-refractivity contribution in [3.8, 4) is 0 Å². The predicted molar refractivity (Wildman–Crippen MR) is 123 cm³/mol. The number of aromatic nitrogens is 1. The van der Waals surface area contributed by atoms with Crippen LogP contribution in [0.5, 0.6) is 0 Å². The molecule has 0 spiro atoms. The summed E-state index contributed by atoms with van der Waals surface area (Å²) in [5.41, 5.74) is 1.25. The lowest BCUT2D eigenvalue weighted by Gasteiger charge is -2.06. The van der Waals surface area contributed by atoms with Crippen LogP contribution in [0.2, 0.25) is 0 Å². The van der Waals surface area contributed by atoms with E-state index in [9.17, 15) is 19.7 Å². The molecule has 3 rings (SSSR count). The number of esters is 1. The van der Waals surface area contributed by atoms with Gasteiger partial charge in [-0.15, -0.1) is 0 Å². The predicted octanol–water partition coefficient (Wildman–Crippen LogP) is 4.03. The molecule has 168 valence electrons. The third-order valence-electron chi connectivity index (χ3n) is 4.25. The van der Waals surface area contributed by atoms with Crippen molar-refractivity contribution in [2.24, 2.45) is 4.99 Å². The van der Waals surface area contributed by atoms with Gasteiger partial charge >= 0.3 is 11.0 Å². The normalized spacial score (nSPS) is 12.0. The molecule has 3 aromatic rings. The summed E-state index contributed by atoms with van der Waals surface area (Å²) in [6.07, 6.45) is 2.77. The maximum absolute atomic E-state index is 12.5. The van der Waals surface area contributed by atoms with E-state index in [1.807, 2.05) is 11.5 Å². The molecule has 32 heavy (non-hydrogen) atoms. The van der Waals surface area contributed by atoms with Crippen LogP contribution in [0.15, 0.2) is 41.4 Å². The number of nitro groups is 1. The minimum Gasteiger partial charge on any atom is -0.462 e. The van der Waals surface area contributed by atoms with Crippen LogP contribution < -0.4 is 4.80 Å². The summed E-state index contributed by atoms with van der Waals surface area (Å²) < 4.78 is 13.2. The largest absolute Gasteiger partial charge is 0.462 e. The molecule has 1 aromatic carbocycles. The number of thiophene rings is 1. The third kappa shape index (κ3) is 5.75. The maximum atomic E-state index is 12.5. The van der Waals surface area contributed by atoms with Crippen LogP contribution in [0.3, 0.4) is 0 Å². The van der Waals surface area contributed by atoms with Gasteiger partial charge in [-0.2, -0.15) is 4.99 Å². The zero-order chi connectivity index (χ0) is 23.1. The minimum absolute atomic E-state index is 0.00436. The molecule has 9 nitrogen and oxygen atoms in total. The van der Waals surface area contributed by atoms with Gasteiger partial charge in [-0.25, -0.2) is 4.79 Å². The minimum atomic E-state index is -0.497. The number of nitrogens with zero attached hydrogens (tertiary/aromatic N) is 3. The number of carbonyl (C=O) groups excluding carboxylic acids is 2. The summed E-state index contributed by atoms with van der Waals surface area (Å²) in [5, 5.41) is 10.8. The highest BCUT2D eigenvalue weighted by atomic mass is 32.1. The van der Waals surface area contributed by atoms with Crippen LogP contribution in [-0.2, 0) is 20.8 Å². The molecule has 2 heterocycles. The van der Waals surface area contributed by atoms with Gasteiger partial charge < -0.3 is 14.0 Å².